The Morgan fingerprint density at radius 1 is 1.03 bits per heavy atom. The third kappa shape index (κ3) is 4.59. The number of methoxy groups -OCH3 is 1. The summed E-state index contributed by atoms with van der Waals surface area (Å²) in [5, 5.41) is 20.4. The third-order valence-electron chi connectivity index (χ3n) is 5.73. The average Bonchev–Trinajstić information content (AvgIpc) is 3.17. The molecule has 1 fully saturated rings. The molecule has 1 saturated heterocycles. The highest BCUT2D eigenvalue weighted by atomic mass is 16.5. The Morgan fingerprint density at radius 3 is 2.37 bits per heavy atom. The number of ketones is 1. The molecule has 1 atom stereocenters. The molecular formula is C28H24N2O5. The van der Waals surface area contributed by atoms with Crippen LogP contribution in [0.5, 0.6) is 11.5 Å². The SMILES string of the molecule is CCCOc1cccc(C2/C(=C(/O)c3ccc(OC)cc3)C(=O)C(=O)N2c2ccc(C#N)cc2)c1. The summed E-state index contributed by atoms with van der Waals surface area (Å²) in [6, 6.07) is 21.3. The predicted molar refractivity (Wildman–Crippen MR) is 131 cm³/mol. The molecule has 3 aromatic rings. The quantitative estimate of drug-likeness (QED) is 0.298. The molecule has 1 heterocycles. The van der Waals surface area contributed by atoms with Crippen LogP contribution < -0.4 is 14.4 Å². The zero-order chi connectivity index (χ0) is 24.9. The second-order valence-electron chi connectivity index (χ2n) is 7.98. The van der Waals surface area contributed by atoms with Gasteiger partial charge in [-0.15, -0.1) is 0 Å². The molecule has 176 valence electrons. The van der Waals surface area contributed by atoms with Crippen molar-refractivity contribution in [2.45, 2.75) is 19.4 Å². The van der Waals surface area contributed by atoms with E-state index in [4.69, 9.17) is 14.7 Å². The topological polar surface area (TPSA) is 99.9 Å². The van der Waals surface area contributed by atoms with E-state index in [2.05, 4.69) is 0 Å². The van der Waals surface area contributed by atoms with Crippen LogP contribution in [0.1, 0.15) is 36.1 Å². The van der Waals surface area contributed by atoms with Gasteiger partial charge in [-0.05, 0) is 72.6 Å². The number of carbonyl (C=O) groups is 2. The van der Waals surface area contributed by atoms with Crippen molar-refractivity contribution in [2.24, 2.45) is 0 Å². The second-order valence-corrected chi connectivity index (χ2v) is 7.98. The average molecular weight is 469 g/mol. The fraction of sp³-hybridized carbons (Fsp3) is 0.179. The number of rotatable bonds is 7. The molecule has 1 N–H and O–H groups in total. The van der Waals surface area contributed by atoms with Gasteiger partial charge in [0.2, 0.25) is 0 Å². The summed E-state index contributed by atoms with van der Waals surface area (Å²) in [6.07, 6.45) is 0.825. The van der Waals surface area contributed by atoms with Crippen molar-refractivity contribution in [3.63, 3.8) is 0 Å². The molecule has 1 amide bonds. The summed E-state index contributed by atoms with van der Waals surface area (Å²) < 4.78 is 10.9. The molecule has 0 bridgehead atoms. The maximum absolute atomic E-state index is 13.3. The molecule has 0 radical (unpaired) electrons. The summed E-state index contributed by atoms with van der Waals surface area (Å²) in [5.74, 6) is -0.662. The van der Waals surface area contributed by atoms with Crippen LogP contribution in [0.3, 0.4) is 0 Å². The Hall–Kier alpha value is -4.57. The molecule has 0 spiro atoms. The number of benzene rings is 3. The van der Waals surface area contributed by atoms with Gasteiger partial charge in [0.25, 0.3) is 11.7 Å². The van der Waals surface area contributed by atoms with E-state index in [9.17, 15) is 14.7 Å². The van der Waals surface area contributed by atoms with Crippen molar-refractivity contribution in [3.8, 4) is 17.6 Å². The third-order valence-corrected chi connectivity index (χ3v) is 5.73. The number of hydrogen-bond donors (Lipinski definition) is 1. The number of carbonyl (C=O) groups excluding carboxylic acids is 2. The number of amides is 1. The fourth-order valence-corrected chi connectivity index (χ4v) is 4.01. The van der Waals surface area contributed by atoms with Crippen LogP contribution in [0.4, 0.5) is 5.69 Å². The van der Waals surface area contributed by atoms with E-state index in [1.54, 1.807) is 72.8 Å². The van der Waals surface area contributed by atoms with Crippen LogP contribution in [-0.2, 0) is 9.59 Å². The zero-order valence-electron chi connectivity index (χ0n) is 19.4. The van der Waals surface area contributed by atoms with Gasteiger partial charge >= 0.3 is 0 Å². The molecule has 3 aromatic carbocycles. The lowest BCUT2D eigenvalue weighted by molar-refractivity contribution is -0.132. The van der Waals surface area contributed by atoms with Crippen molar-refractivity contribution in [1.29, 1.82) is 5.26 Å². The van der Waals surface area contributed by atoms with E-state index >= 15 is 0 Å². The summed E-state index contributed by atoms with van der Waals surface area (Å²) in [5.41, 5.74) is 1.82. The van der Waals surface area contributed by atoms with Crippen molar-refractivity contribution in [2.75, 3.05) is 18.6 Å². The highest BCUT2D eigenvalue weighted by Crippen LogP contribution is 2.43. The monoisotopic (exact) mass is 468 g/mol. The number of ether oxygens (including phenoxy) is 2. The number of Topliss-reactive ketones (excluding diaryl/α,β-unsaturated/α-hetero) is 1. The minimum Gasteiger partial charge on any atom is -0.507 e. The van der Waals surface area contributed by atoms with Gasteiger partial charge in [-0.1, -0.05) is 19.1 Å². The van der Waals surface area contributed by atoms with Gasteiger partial charge in [-0.2, -0.15) is 5.26 Å². The Kier molecular flexibility index (Phi) is 6.83. The van der Waals surface area contributed by atoms with Crippen molar-refractivity contribution in [3.05, 3.63) is 95.1 Å². The van der Waals surface area contributed by atoms with Crippen molar-refractivity contribution < 1.29 is 24.2 Å². The van der Waals surface area contributed by atoms with E-state index in [0.29, 0.717) is 40.5 Å². The Morgan fingerprint density at radius 2 is 1.74 bits per heavy atom. The molecule has 0 saturated carbocycles. The van der Waals surface area contributed by atoms with Crippen LogP contribution in [0.2, 0.25) is 0 Å². The van der Waals surface area contributed by atoms with E-state index in [1.165, 1.54) is 12.0 Å². The smallest absolute Gasteiger partial charge is 0.300 e. The van der Waals surface area contributed by atoms with Gasteiger partial charge in [0.15, 0.2) is 0 Å². The standard InChI is InChI=1S/C28H24N2O5/c1-3-15-35-23-6-4-5-20(16-23)25-24(26(31)19-9-13-22(34-2)14-10-19)27(32)28(33)30(25)21-11-7-18(17-29)8-12-21/h4-14,16,25,31H,3,15H2,1-2H3/b26-24-. The van der Waals surface area contributed by atoms with E-state index < -0.39 is 17.7 Å². The lowest BCUT2D eigenvalue weighted by Crippen LogP contribution is -2.29. The van der Waals surface area contributed by atoms with E-state index in [-0.39, 0.29) is 11.3 Å². The minimum absolute atomic E-state index is 0.0304. The largest absolute Gasteiger partial charge is 0.507 e. The van der Waals surface area contributed by atoms with Crippen molar-refractivity contribution in [1.82, 2.24) is 0 Å². The molecule has 0 aromatic heterocycles. The molecule has 1 aliphatic rings. The molecule has 1 unspecified atom stereocenters. The van der Waals surface area contributed by atoms with Crippen LogP contribution in [0, 0.1) is 11.3 Å². The molecule has 7 heteroatoms. The molecule has 1 aliphatic heterocycles. The first-order valence-corrected chi connectivity index (χ1v) is 11.2. The van der Waals surface area contributed by atoms with Crippen LogP contribution in [-0.4, -0.2) is 30.5 Å². The molecule has 0 aliphatic carbocycles. The molecular weight excluding hydrogens is 444 g/mol. The molecule has 35 heavy (non-hydrogen) atoms. The second kappa shape index (κ2) is 10.1. The number of nitriles is 1. The fourth-order valence-electron chi connectivity index (χ4n) is 4.01. The van der Waals surface area contributed by atoms with Gasteiger partial charge in [0.1, 0.15) is 17.3 Å². The van der Waals surface area contributed by atoms with Gasteiger partial charge in [-0.25, -0.2) is 0 Å². The van der Waals surface area contributed by atoms with Crippen LogP contribution in [0.15, 0.2) is 78.4 Å². The number of anilines is 1. The molecule has 4 rings (SSSR count). The lowest BCUT2D eigenvalue weighted by Gasteiger charge is -2.26. The number of aliphatic hydroxyl groups excluding tert-OH is 1. The maximum atomic E-state index is 13.3. The number of aliphatic hydroxyl groups is 1. The van der Waals surface area contributed by atoms with Gasteiger partial charge in [0.05, 0.1) is 37.0 Å². The lowest BCUT2D eigenvalue weighted by atomic mass is 9.95. The maximum Gasteiger partial charge on any atom is 0.300 e. The summed E-state index contributed by atoms with van der Waals surface area (Å²) >= 11 is 0. The van der Waals surface area contributed by atoms with E-state index in [0.717, 1.165) is 6.42 Å². The Labute approximate surface area is 203 Å². The van der Waals surface area contributed by atoms with Crippen LogP contribution >= 0.6 is 0 Å². The summed E-state index contributed by atoms with van der Waals surface area (Å²) in [7, 11) is 1.53. The van der Waals surface area contributed by atoms with Gasteiger partial charge < -0.3 is 14.6 Å². The normalized spacial score (nSPS) is 16.7. The zero-order valence-corrected chi connectivity index (χ0v) is 19.4. The highest BCUT2D eigenvalue weighted by Gasteiger charge is 2.47. The number of hydrogen-bond acceptors (Lipinski definition) is 6. The first-order valence-electron chi connectivity index (χ1n) is 11.2. The number of nitrogens with zero attached hydrogens (tertiary/aromatic N) is 2. The Bertz CT molecular complexity index is 1320. The first kappa shape index (κ1) is 23.6. The van der Waals surface area contributed by atoms with E-state index in [1.807, 2.05) is 13.0 Å². The predicted octanol–water partition coefficient (Wildman–Crippen LogP) is 4.98. The first-order chi connectivity index (χ1) is 17.0. The summed E-state index contributed by atoms with van der Waals surface area (Å²) in [4.78, 5) is 27.9. The Balaban J connectivity index is 1.89. The minimum atomic E-state index is -0.893. The highest BCUT2D eigenvalue weighted by molar-refractivity contribution is 6.51. The van der Waals surface area contributed by atoms with Crippen LogP contribution in [0.25, 0.3) is 5.76 Å². The van der Waals surface area contributed by atoms with Gasteiger partial charge in [-0.3, -0.25) is 14.5 Å². The van der Waals surface area contributed by atoms with Gasteiger partial charge in [0, 0.05) is 11.3 Å². The summed E-state index contributed by atoms with van der Waals surface area (Å²) in [6.45, 7) is 2.52. The van der Waals surface area contributed by atoms with Crippen molar-refractivity contribution >= 4 is 23.1 Å². The molecule has 7 nitrogen and oxygen atoms in total.